The van der Waals surface area contributed by atoms with E-state index in [1.165, 1.54) is 12.1 Å². The minimum atomic E-state index is -0.317. The molecule has 0 aliphatic carbocycles. The Morgan fingerprint density at radius 3 is 2.71 bits per heavy atom. The molecule has 0 amide bonds. The summed E-state index contributed by atoms with van der Waals surface area (Å²) >= 11 is 0. The van der Waals surface area contributed by atoms with Crippen LogP contribution in [0.2, 0.25) is 0 Å². The van der Waals surface area contributed by atoms with Crippen molar-refractivity contribution in [2.24, 2.45) is 0 Å². The van der Waals surface area contributed by atoms with Crippen LogP contribution in [0, 0.1) is 12.7 Å². The van der Waals surface area contributed by atoms with E-state index < -0.39 is 0 Å². The Morgan fingerprint density at radius 2 is 1.95 bits per heavy atom. The molecule has 4 aromatic heterocycles. The summed E-state index contributed by atoms with van der Waals surface area (Å²) in [4.78, 5) is 22.2. The van der Waals surface area contributed by atoms with Crippen molar-refractivity contribution in [3.8, 4) is 22.6 Å². The van der Waals surface area contributed by atoms with Crippen LogP contribution >= 0.6 is 0 Å². The molecule has 0 aliphatic heterocycles. The first-order valence-electron chi connectivity index (χ1n) is 12.6. The van der Waals surface area contributed by atoms with E-state index in [-0.39, 0.29) is 18.5 Å². The molecule has 9 heteroatoms. The molecule has 0 bridgehead atoms. The normalized spacial score (nSPS) is 12.4. The van der Waals surface area contributed by atoms with E-state index in [0.717, 1.165) is 46.9 Å². The van der Waals surface area contributed by atoms with Crippen LogP contribution in [0.4, 0.5) is 10.3 Å². The first kappa shape index (κ1) is 25.3. The second-order valence-electron chi connectivity index (χ2n) is 9.17. The van der Waals surface area contributed by atoms with Gasteiger partial charge in [0, 0.05) is 23.7 Å². The van der Waals surface area contributed by atoms with E-state index in [1.807, 2.05) is 55.6 Å². The van der Waals surface area contributed by atoms with Crippen LogP contribution in [0.25, 0.3) is 28.3 Å². The maximum absolute atomic E-state index is 13.7. The molecule has 0 spiro atoms. The van der Waals surface area contributed by atoms with Gasteiger partial charge >= 0.3 is 0 Å². The number of nitrogens with one attached hydrogen (secondary N) is 2. The fourth-order valence-electron chi connectivity index (χ4n) is 4.42. The molecule has 0 saturated carbocycles. The number of allylic oxidation sites excluding steroid dienone is 2. The van der Waals surface area contributed by atoms with E-state index in [1.54, 1.807) is 18.3 Å². The summed E-state index contributed by atoms with van der Waals surface area (Å²) in [5, 5.41) is 13.0. The number of hydrogen-bond donors (Lipinski definition) is 3. The van der Waals surface area contributed by atoms with E-state index in [0.29, 0.717) is 23.0 Å². The quantitative estimate of drug-likeness (QED) is 0.216. The molecule has 38 heavy (non-hydrogen) atoms. The van der Waals surface area contributed by atoms with Crippen molar-refractivity contribution in [1.82, 2.24) is 29.3 Å². The lowest BCUT2D eigenvalue weighted by atomic mass is 10.1. The zero-order chi connectivity index (χ0) is 26.6. The molecule has 3 N–H and O–H groups in total. The molecule has 1 aromatic carbocycles. The highest BCUT2D eigenvalue weighted by Crippen LogP contribution is 2.33. The minimum Gasteiger partial charge on any atom is -0.392 e. The van der Waals surface area contributed by atoms with E-state index in [9.17, 15) is 9.50 Å². The van der Waals surface area contributed by atoms with Crippen LogP contribution in [0.5, 0.6) is 0 Å². The third kappa shape index (κ3) is 5.19. The van der Waals surface area contributed by atoms with Crippen LogP contribution < -0.4 is 5.32 Å². The molecule has 1 unspecified atom stereocenters. The molecule has 5 rings (SSSR count). The monoisotopic (exact) mass is 511 g/mol. The maximum Gasteiger partial charge on any atom is 0.223 e. The third-order valence-electron chi connectivity index (χ3n) is 6.43. The van der Waals surface area contributed by atoms with Gasteiger partial charge in [-0.1, -0.05) is 12.2 Å². The van der Waals surface area contributed by atoms with E-state index in [4.69, 9.17) is 15.0 Å². The Labute approximate surface area is 220 Å². The Morgan fingerprint density at radius 1 is 1.13 bits per heavy atom. The second kappa shape index (κ2) is 10.9. The lowest BCUT2D eigenvalue weighted by molar-refractivity contribution is 0.282. The summed E-state index contributed by atoms with van der Waals surface area (Å²) in [5.41, 5.74) is 6.33. The minimum absolute atomic E-state index is 0.0900. The maximum atomic E-state index is 13.7. The summed E-state index contributed by atoms with van der Waals surface area (Å²) in [7, 11) is 0. The van der Waals surface area contributed by atoms with Gasteiger partial charge in [-0.15, -0.1) is 0 Å². The molecule has 0 radical (unpaired) electrons. The molecule has 4 heterocycles. The van der Waals surface area contributed by atoms with Crippen molar-refractivity contribution >= 4 is 11.6 Å². The first-order valence-corrected chi connectivity index (χ1v) is 12.6. The highest BCUT2D eigenvalue weighted by molar-refractivity contribution is 5.80. The smallest absolute Gasteiger partial charge is 0.223 e. The predicted molar refractivity (Wildman–Crippen MR) is 146 cm³/mol. The molecule has 0 aliphatic rings. The van der Waals surface area contributed by atoms with Gasteiger partial charge in [-0.05, 0) is 81.6 Å². The number of hydrogen-bond acceptors (Lipinski definition) is 6. The molecular weight excluding hydrogens is 481 g/mol. The highest BCUT2D eigenvalue weighted by atomic mass is 19.1. The molecule has 0 saturated heterocycles. The van der Waals surface area contributed by atoms with Crippen LogP contribution in [0.3, 0.4) is 0 Å². The van der Waals surface area contributed by atoms with Gasteiger partial charge in [-0.2, -0.15) is 0 Å². The second-order valence-corrected chi connectivity index (χ2v) is 9.17. The van der Waals surface area contributed by atoms with Crippen LogP contribution in [-0.2, 0) is 13.0 Å². The molecular formula is C29H30FN7O. The number of aromatic nitrogens is 6. The van der Waals surface area contributed by atoms with Gasteiger partial charge in [0.1, 0.15) is 17.3 Å². The molecule has 5 aromatic rings. The van der Waals surface area contributed by atoms with Gasteiger partial charge in [0.2, 0.25) is 5.95 Å². The van der Waals surface area contributed by atoms with Crippen molar-refractivity contribution in [2.75, 3.05) is 5.32 Å². The van der Waals surface area contributed by atoms with Gasteiger partial charge in [0.15, 0.2) is 0 Å². The fourth-order valence-corrected chi connectivity index (χ4v) is 4.42. The van der Waals surface area contributed by atoms with E-state index >= 15 is 0 Å². The standard InChI is InChI=1S/C29H30FN7O/c1-4-5-6-7-23-18(2)32-28(34-23)19(3)33-29-31-14-12-24(35-29)27-26(21-8-10-22(30)11-9-21)36-25-16-20(17-38)13-15-37(25)27/h4-5,8-16,19,38H,6-7,17H2,1-3H3,(H,32,34)(H,31,33,35)/b5-4-. The Hall–Kier alpha value is -4.37. The Balaban J connectivity index is 1.49. The van der Waals surface area contributed by atoms with Crippen molar-refractivity contribution in [2.45, 2.75) is 46.3 Å². The molecule has 1 atom stereocenters. The van der Waals surface area contributed by atoms with Crippen molar-refractivity contribution in [1.29, 1.82) is 0 Å². The number of imidazole rings is 2. The van der Waals surface area contributed by atoms with Gasteiger partial charge in [-0.3, -0.25) is 4.40 Å². The zero-order valence-corrected chi connectivity index (χ0v) is 21.6. The number of aliphatic hydroxyl groups is 1. The highest BCUT2D eigenvalue weighted by Gasteiger charge is 2.19. The van der Waals surface area contributed by atoms with Crippen molar-refractivity contribution in [3.05, 3.63) is 95.6 Å². The van der Waals surface area contributed by atoms with Crippen LogP contribution in [0.1, 0.15) is 49.1 Å². The summed E-state index contributed by atoms with van der Waals surface area (Å²) in [6.07, 6.45) is 9.57. The third-order valence-corrected chi connectivity index (χ3v) is 6.43. The number of pyridine rings is 1. The summed E-state index contributed by atoms with van der Waals surface area (Å²) in [6.45, 7) is 5.98. The number of aromatic amines is 1. The van der Waals surface area contributed by atoms with Crippen LogP contribution in [0.15, 0.2) is 67.0 Å². The largest absolute Gasteiger partial charge is 0.392 e. The predicted octanol–water partition coefficient (Wildman–Crippen LogP) is 5.80. The zero-order valence-electron chi connectivity index (χ0n) is 21.6. The summed E-state index contributed by atoms with van der Waals surface area (Å²) in [6, 6.07) is 11.6. The molecule has 8 nitrogen and oxygen atoms in total. The number of anilines is 1. The summed E-state index contributed by atoms with van der Waals surface area (Å²) in [5.74, 6) is 0.958. The van der Waals surface area contributed by atoms with E-state index in [2.05, 4.69) is 21.4 Å². The Kier molecular flexibility index (Phi) is 7.28. The number of aryl methyl sites for hydroxylation is 2. The van der Waals surface area contributed by atoms with Gasteiger partial charge in [0.05, 0.1) is 35.4 Å². The number of aliphatic hydroxyl groups excluding tert-OH is 1. The number of halogens is 1. The van der Waals surface area contributed by atoms with Crippen molar-refractivity contribution in [3.63, 3.8) is 0 Å². The average Bonchev–Trinajstić information content (AvgIpc) is 3.49. The number of fused-ring (bicyclic) bond motifs is 1. The first-order chi connectivity index (χ1) is 18.5. The Bertz CT molecular complexity index is 1590. The van der Waals surface area contributed by atoms with Gasteiger partial charge in [0.25, 0.3) is 0 Å². The fraction of sp³-hybridized carbons (Fsp3) is 0.241. The van der Waals surface area contributed by atoms with Gasteiger partial charge < -0.3 is 15.4 Å². The van der Waals surface area contributed by atoms with Crippen molar-refractivity contribution < 1.29 is 9.50 Å². The lowest BCUT2D eigenvalue weighted by Gasteiger charge is -2.12. The molecule has 194 valence electrons. The van der Waals surface area contributed by atoms with Gasteiger partial charge in [-0.25, -0.2) is 24.3 Å². The average molecular weight is 512 g/mol. The number of H-pyrrole nitrogens is 1. The number of nitrogens with zero attached hydrogens (tertiary/aromatic N) is 5. The summed E-state index contributed by atoms with van der Waals surface area (Å²) < 4.78 is 15.6. The number of benzene rings is 1. The lowest BCUT2D eigenvalue weighted by Crippen LogP contribution is -2.11. The SMILES string of the molecule is C/C=C\CCc1nc(C(C)Nc2nccc(-c3c(-c4ccc(F)cc4)nc4cc(CO)ccn34)n2)[nH]c1C. The molecule has 0 fully saturated rings. The topological polar surface area (TPSA) is 104 Å². The van der Waals surface area contributed by atoms with Crippen LogP contribution in [-0.4, -0.2) is 34.4 Å². The number of rotatable bonds is 9.